The van der Waals surface area contributed by atoms with Crippen LogP contribution in [0, 0.1) is 0 Å². The monoisotopic (exact) mass is 751 g/mol. The Kier molecular flexibility index (Phi) is 11.6. The van der Waals surface area contributed by atoms with Crippen molar-refractivity contribution in [1.82, 2.24) is 15.2 Å². The highest BCUT2D eigenvalue weighted by Gasteiger charge is 2.55. The van der Waals surface area contributed by atoms with Gasteiger partial charge in [0.2, 0.25) is 12.5 Å². The van der Waals surface area contributed by atoms with Crippen molar-refractivity contribution in [3.63, 3.8) is 0 Å². The van der Waals surface area contributed by atoms with E-state index in [1.165, 1.54) is 29.7 Å². The highest BCUT2D eigenvalue weighted by molar-refractivity contribution is 8.00. The third-order valence-electron chi connectivity index (χ3n) is 7.40. The number of oxime groups is 1. The number of ether oxygens (including phenoxy) is 2. The quantitative estimate of drug-likeness (QED) is 0.0799. The van der Waals surface area contributed by atoms with Crippen LogP contribution in [0.25, 0.3) is 0 Å². The molecule has 5 rings (SSSR count). The van der Waals surface area contributed by atoms with Crippen molar-refractivity contribution in [2.75, 3.05) is 11.1 Å². The third kappa shape index (κ3) is 8.49. The number of rotatable bonds is 13. The molecule has 0 bridgehead atoms. The van der Waals surface area contributed by atoms with E-state index in [0.717, 1.165) is 22.5 Å². The van der Waals surface area contributed by atoms with Crippen LogP contribution in [-0.2, 0) is 38.3 Å². The first-order valence-corrected chi connectivity index (χ1v) is 17.8. The van der Waals surface area contributed by atoms with E-state index in [2.05, 4.69) is 27.4 Å². The van der Waals surface area contributed by atoms with Crippen LogP contribution < -0.4 is 10.6 Å². The van der Waals surface area contributed by atoms with Gasteiger partial charge < -0.3 is 24.9 Å². The topological polar surface area (TPSA) is 166 Å². The Bertz CT molecular complexity index is 1850. The van der Waals surface area contributed by atoms with Crippen LogP contribution >= 0.6 is 34.7 Å². The molecule has 2 aromatic carbocycles. The largest absolute Gasteiger partial charge is 0.457 e. The van der Waals surface area contributed by atoms with Gasteiger partial charge in [0.15, 0.2) is 16.9 Å². The average molecular weight is 752 g/mol. The van der Waals surface area contributed by atoms with E-state index in [-0.39, 0.29) is 20.9 Å². The summed E-state index contributed by atoms with van der Waals surface area (Å²) in [6.45, 7) is 10.3. The number of hydrogen-bond donors (Lipinski definition) is 2. The Morgan fingerprint density at radius 2 is 1.73 bits per heavy atom. The molecule has 2 aliphatic heterocycles. The lowest BCUT2D eigenvalue weighted by molar-refractivity contribution is -0.167. The number of benzene rings is 2. The molecule has 1 fully saturated rings. The van der Waals surface area contributed by atoms with Crippen molar-refractivity contribution in [2.24, 2.45) is 5.16 Å². The fraction of sp³-hybridized carbons (Fsp3) is 0.286. The fourth-order valence-corrected chi connectivity index (χ4v) is 7.40. The van der Waals surface area contributed by atoms with Gasteiger partial charge in [0.25, 0.3) is 11.8 Å². The van der Waals surface area contributed by atoms with Gasteiger partial charge >= 0.3 is 11.9 Å². The molecule has 0 spiro atoms. The first-order chi connectivity index (χ1) is 24.3. The van der Waals surface area contributed by atoms with Crippen molar-refractivity contribution < 1.29 is 38.3 Å². The van der Waals surface area contributed by atoms with Crippen molar-refractivity contribution >= 4 is 75.7 Å². The van der Waals surface area contributed by atoms with Gasteiger partial charge in [-0.15, -0.1) is 11.8 Å². The number of β-lactam (4-membered cyclic amide) rings is 1. The number of esters is 2. The van der Waals surface area contributed by atoms with E-state index in [0.29, 0.717) is 17.7 Å². The maximum absolute atomic E-state index is 13.9. The Labute approximate surface area is 307 Å². The van der Waals surface area contributed by atoms with Crippen molar-refractivity contribution in [1.29, 1.82) is 0 Å². The number of carbonyl (C=O) groups excluding carboxylic acids is 5. The maximum atomic E-state index is 13.9. The molecule has 3 amide bonds. The van der Waals surface area contributed by atoms with E-state index in [1.807, 2.05) is 60.7 Å². The summed E-state index contributed by atoms with van der Waals surface area (Å²) in [7, 11) is 0. The number of amides is 3. The molecule has 2 unspecified atom stereocenters. The van der Waals surface area contributed by atoms with Gasteiger partial charge in [-0.2, -0.15) is 0 Å². The van der Waals surface area contributed by atoms with E-state index in [1.54, 1.807) is 20.8 Å². The summed E-state index contributed by atoms with van der Waals surface area (Å²) in [5.41, 5.74) is 0.560. The smallest absolute Gasteiger partial charge is 0.356 e. The minimum absolute atomic E-state index is 0.0228. The van der Waals surface area contributed by atoms with Gasteiger partial charge in [-0.1, -0.05) is 101 Å². The SMILES string of the molecule is C=CC1=C(C(=O)OC(c2ccccc2)c2ccccc2)N2C(=O)C(NC(=O)/C(=N\OC(C)C(=O)OC(C)(C)C)c3nc(NC=O)sc3Cl)[C@H]2SC1. The molecule has 13 nitrogen and oxygen atoms in total. The van der Waals surface area contributed by atoms with E-state index in [4.69, 9.17) is 25.9 Å². The summed E-state index contributed by atoms with van der Waals surface area (Å²) in [6.07, 6.45) is -0.115. The Morgan fingerprint density at radius 1 is 1.10 bits per heavy atom. The van der Waals surface area contributed by atoms with Gasteiger partial charge in [-0.05, 0) is 44.4 Å². The molecule has 3 aromatic rings. The Morgan fingerprint density at radius 3 is 2.29 bits per heavy atom. The minimum atomic E-state index is -1.24. The molecule has 2 N–H and O–H groups in total. The van der Waals surface area contributed by atoms with Crippen LogP contribution in [0.1, 0.15) is 50.6 Å². The van der Waals surface area contributed by atoms with Gasteiger partial charge in [0.1, 0.15) is 32.7 Å². The van der Waals surface area contributed by atoms with E-state index >= 15 is 0 Å². The molecule has 1 saturated heterocycles. The molecule has 51 heavy (non-hydrogen) atoms. The second kappa shape index (κ2) is 15.9. The van der Waals surface area contributed by atoms with Crippen LogP contribution in [-0.4, -0.2) is 74.6 Å². The Balaban J connectivity index is 1.38. The van der Waals surface area contributed by atoms with Crippen molar-refractivity contribution in [2.45, 2.75) is 56.9 Å². The zero-order valence-electron chi connectivity index (χ0n) is 28.0. The number of carbonyl (C=O) groups is 5. The van der Waals surface area contributed by atoms with Crippen LogP contribution in [0.15, 0.2) is 89.7 Å². The molecular formula is C35H34ClN5O8S2. The molecule has 16 heteroatoms. The van der Waals surface area contributed by atoms with Gasteiger partial charge in [-0.25, -0.2) is 14.6 Å². The van der Waals surface area contributed by atoms with E-state index in [9.17, 15) is 24.0 Å². The highest BCUT2D eigenvalue weighted by Crippen LogP contribution is 2.42. The predicted molar refractivity (Wildman–Crippen MR) is 193 cm³/mol. The molecule has 0 saturated carbocycles. The molecular weight excluding hydrogens is 718 g/mol. The number of aromatic nitrogens is 1. The molecule has 0 aliphatic carbocycles. The van der Waals surface area contributed by atoms with Gasteiger partial charge in [0.05, 0.1) is 0 Å². The third-order valence-corrected chi connectivity index (χ3v) is 9.89. The lowest BCUT2D eigenvalue weighted by Crippen LogP contribution is -2.71. The summed E-state index contributed by atoms with van der Waals surface area (Å²) < 4.78 is 11.4. The van der Waals surface area contributed by atoms with Gasteiger partial charge in [-0.3, -0.25) is 19.3 Å². The van der Waals surface area contributed by atoms with Crippen LogP contribution in [0.2, 0.25) is 4.34 Å². The number of nitrogens with one attached hydrogen (secondary N) is 2. The number of fused-ring (bicyclic) bond motifs is 1. The summed E-state index contributed by atoms with van der Waals surface area (Å²) in [5, 5.41) is 8.27. The first-order valence-electron chi connectivity index (χ1n) is 15.6. The standard InChI is InChI=1S/C35H34ClN5O8S2/c1-6-20-17-50-31-25(30(44)41(31)26(20)33(46)47-27(21-13-9-7-10-14-21)22-15-11-8-12-16-22)38-29(43)24(23-28(36)51-34(39-23)37-18-42)40-49-19(2)32(45)48-35(3,4)5/h6-16,18-19,25,27,31H,1,17H2,2-5H3,(H,38,43)(H,37,39,42)/b40-24-/t19?,25?,31-/m1/s1. The number of halogens is 1. The summed E-state index contributed by atoms with van der Waals surface area (Å²) in [4.78, 5) is 75.8. The molecule has 1 aromatic heterocycles. The lowest BCUT2D eigenvalue weighted by Gasteiger charge is -2.49. The minimum Gasteiger partial charge on any atom is -0.457 e. The lowest BCUT2D eigenvalue weighted by atomic mass is 10.0. The second-order valence-electron chi connectivity index (χ2n) is 12.2. The molecule has 266 valence electrons. The first kappa shape index (κ1) is 37.3. The number of allylic oxidation sites excluding steroid dienone is 1. The van der Waals surface area contributed by atoms with Gasteiger partial charge in [0, 0.05) is 5.75 Å². The highest BCUT2D eigenvalue weighted by atomic mass is 35.5. The second-order valence-corrected chi connectivity index (χ2v) is 14.9. The van der Waals surface area contributed by atoms with Crippen LogP contribution in [0.3, 0.4) is 0 Å². The molecule has 2 aliphatic rings. The van der Waals surface area contributed by atoms with E-state index < -0.39 is 58.7 Å². The summed E-state index contributed by atoms with van der Waals surface area (Å²) in [5.74, 6) is -2.68. The Hall–Kier alpha value is -4.99. The number of nitrogens with zero attached hydrogens (tertiary/aromatic N) is 3. The maximum Gasteiger partial charge on any atom is 0.356 e. The zero-order chi connectivity index (χ0) is 36.9. The number of thiazole rings is 1. The van der Waals surface area contributed by atoms with Crippen molar-refractivity contribution in [3.05, 3.63) is 106 Å². The summed E-state index contributed by atoms with van der Waals surface area (Å²) >= 11 is 8.54. The zero-order valence-corrected chi connectivity index (χ0v) is 30.3. The average Bonchev–Trinajstić information content (AvgIpc) is 3.47. The predicted octanol–water partition coefficient (Wildman–Crippen LogP) is 4.99. The molecule has 3 heterocycles. The fourth-order valence-electron chi connectivity index (χ4n) is 5.06. The normalized spacial score (nSPS) is 17.9. The molecule has 0 radical (unpaired) electrons. The molecule has 3 atom stereocenters. The summed E-state index contributed by atoms with van der Waals surface area (Å²) in [6, 6.07) is 17.3. The number of hydrogen-bond acceptors (Lipinski definition) is 12. The number of thioether (sulfide) groups is 1. The van der Waals surface area contributed by atoms with Crippen LogP contribution in [0.4, 0.5) is 5.13 Å². The number of anilines is 1. The van der Waals surface area contributed by atoms with Crippen LogP contribution in [0.5, 0.6) is 0 Å². The van der Waals surface area contributed by atoms with Crippen molar-refractivity contribution in [3.8, 4) is 0 Å².